The van der Waals surface area contributed by atoms with Gasteiger partial charge in [-0.3, -0.25) is 0 Å². The highest BCUT2D eigenvalue weighted by molar-refractivity contribution is 5.68. The van der Waals surface area contributed by atoms with Crippen LogP contribution in [0.5, 0.6) is 5.75 Å². The minimum Gasteiger partial charge on any atom is -0.493 e. The van der Waals surface area contributed by atoms with Gasteiger partial charge in [-0.1, -0.05) is 12.1 Å². The first-order valence-electron chi connectivity index (χ1n) is 9.37. The Labute approximate surface area is 149 Å². The van der Waals surface area contributed by atoms with Crippen LogP contribution in [0.4, 0.5) is 4.79 Å². The number of likely N-dealkylation sites (tertiary alicyclic amines) is 1. The number of rotatable bonds is 1. The van der Waals surface area contributed by atoms with Crippen molar-refractivity contribution < 1.29 is 14.3 Å². The number of carbonyl (C=O) groups is 1. The zero-order chi connectivity index (χ0) is 17.7. The first-order valence-corrected chi connectivity index (χ1v) is 9.37. The van der Waals surface area contributed by atoms with Gasteiger partial charge in [0.2, 0.25) is 0 Å². The summed E-state index contributed by atoms with van der Waals surface area (Å²) in [5.41, 5.74) is 1.90. The molecule has 136 valence electrons. The molecular weight excluding hydrogens is 316 g/mol. The summed E-state index contributed by atoms with van der Waals surface area (Å²) in [5.74, 6) is 1.58. The molecule has 5 nitrogen and oxygen atoms in total. The third-order valence-electron chi connectivity index (χ3n) is 5.63. The maximum absolute atomic E-state index is 12.5. The van der Waals surface area contributed by atoms with Crippen molar-refractivity contribution in [1.82, 2.24) is 10.2 Å². The number of nitrogens with one attached hydrogen (secondary N) is 1. The van der Waals surface area contributed by atoms with E-state index in [2.05, 4.69) is 23.5 Å². The van der Waals surface area contributed by atoms with Crippen molar-refractivity contribution in [2.24, 2.45) is 5.92 Å². The predicted octanol–water partition coefficient (Wildman–Crippen LogP) is 3.07. The highest BCUT2D eigenvalue weighted by Gasteiger charge is 2.52. The fourth-order valence-electron chi connectivity index (χ4n) is 4.25. The van der Waals surface area contributed by atoms with Gasteiger partial charge >= 0.3 is 6.09 Å². The Balaban J connectivity index is 1.58. The van der Waals surface area contributed by atoms with Crippen LogP contribution in [0, 0.1) is 5.92 Å². The molecule has 0 spiro atoms. The first-order chi connectivity index (χ1) is 11.9. The minimum absolute atomic E-state index is 0.162. The zero-order valence-electron chi connectivity index (χ0n) is 15.4. The van der Waals surface area contributed by atoms with Crippen LogP contribution in [-0.4, -0.2) is 42.8 Å². The normalized spacial score (nSPS) is 28.3. The van der Waals surface area contributed by atoms with Gasteiger partial charge in [0, 0.05) is 19.6 Å². The topological polar surface area (TPSA) is 50.8 Å². The second-order valence-electron chi connectivity index (χ2n) is 8.51. The third-order valence-corrected chi connectivity index (χ3v) is 5.63. The Bertz CT molecular complexity index is 682. The number of aryl methyl sites for hydroxylation is 1. The van der Waals surface area contributed by atoms with Gasteiger partial charge in [-0.15, -0.1) is 0 Å². The average molecular weight is 344 g/mol. The summed E-state index contributed by atoms with van der Waals surface area (Å²) in [7, 11) is 0. The zero-order valence-corrected chi connectivity index (χ0v) is 15.4. The van der Waals surface area contributed by atoms with Crippen LogP contribution in [0.3, 0.4) is 0 Å². The number of hydrogen-bond acceptors (Lipinski definition) is 4. The highest BCUT2D eigenvalue weighted by atomic mass is 16.6. The van der Waals surface area contributed by atoms with Gasteiger partial charge in [0.15, 0.2) is 0 Å². The van der Waals surface area contributed by atoms with Gasteiger partial charge in [-0.05, 0) is 63.1 Å². The summed E-state index contributed by atoms with van der Waals surface area (Å²) in [6.07, 6.45) is 2.96. The van der Waals surface area contributed by atoms with Crippen LogP contribution in [0.15, 0.2) is 18.2 Å². The predicted molar refractivity (Wildman–Crippen MR) is 95.9 cm³/mol. The first kappa shape index (κ1) is 16.7. The van der Waals surface area contributed by atoms with E-state index in [9.17, 15) is 4.79 Å². The molecule has 1 aromatic carbocycles. The summed E-state index contributed by atoms with van der Waals surface area (Å²) < 4.78 is 11.5. The molecule has 3 aliphatic rings. The summed E-state index contributed by atoms with van der Waals surface area (Å²) >= 11 is 0. The van der Waals surface area contributed by atoms with Crippen molar-refractivity contribution in [2.75, 3.05) is 26.2 Å². The highest BCUT2D eigenvalue weighted by Crippen LogP contribution is 2.44. The number of ether oxygens (including phenoxy) is 2. The van der Waals surface area contributed by atoms with E-state index < -0.39 is 5.60 Å². The number of fused-ring (bicyclic) bond motifs is 2. The molecule has 0 radical (unpaired) electrons. The van der Waals surface area contributed by atoms with Gasteiger partial charge in [0.25, 0.3) is 0 Å². The van der Waals surface area contributed by atoms with Crippen LogP contribution in [0.2, 0.25) is 0 Å². The van der Waals surface area contributed by atoms with Gasteiger partial charge in [0.1, 0.15) is 11.4 Å². The van der Waals surface area contributed by atoms with Crippen molar-refractivity contribution in [3.63, 3.8) is 0 Å². The molecule has 1 aromatic rings. The van der Waals surface area contributed by atoms with Gasteiger partial charge in [-0.2, -0.15) is 0 Å². The summed E-state index contributed by atoms with van der Waals surface area (Å²) in [6, 6.07) is 6.60. The molecule has 2 atom stereocenters. The maximum Gasteiger partial charge on any atom is 0.410 e. The van der Waals surface area contributed by atoms with Crippen molar-refractivity contribution in [3.8, 4) is 5.75 Å². The summed E-state index contributed by atoms with van der Waals surface area (Å²) in [6.45, 7) is 8.97. The number of carbonyl (C=O) groups excluding carboxylic acids is 1. The number of piperidine rings is 1. The van der Waals surface area contributed by atoms with E-state index in [1.165, 1.54) is 11.1 Å². The monoisotopic (exact) mass is 344 g/mol. The van der Waals surface area contributed by atoms with E-state index in [-0.39, 0.29) is 11.6 Å². The van der Waals surface area contributed by atoms with Crippen molar-refractivity contribution >= 4 is 6.09 Å². The van der Waals surface area contributed by atoms with Gasteiger partial charge in [-0.25, -0.2) is 4.79 Å². The van der Waals surface area contributed by atoms with Crippen LogP contribution in [0.25, 0.3) is 0 Å². The molecule has 0 bridgehead atoms. The molecule has 3 aliphatic heterocycles. The van der Waals surface area contributed by atoms with E-state index >= 15 is 0 Å². The van der Waals surface area contributed by atoms with Crippen LogP contribution < -0.4 is 10.1 Å². The summed E-state index contributed by atoms with van der Waals surface area (Å²) in [4.78, 5) is 14.4. The lowest BCUT2D eigenvalue weighted by molar-refractivity contribution is -0.0270. The molecule has 1 N–H and O–H groups in total. The fraction of sp³-hybridized carbons (Fsp3) is 0.650. The Kier molecular flexibility index (Phi) is 3.95. The van der Waals surface area contributed by atoms with Crippen LogP contribution >= 0.6 is 0 Å². The average Bonchev–Trinajstić information content (AvgIpc) is 2.54. The molecule has 0 aromatic heterocycles. The molecule has 3 heterocycles. The Morgan fingerprint density at radius 3 is 2.96 bits per heavy atom. The Hall–Kier alpha value is -1.75. The molecular formula is C20H28N2O3. The van der Waals surface area contributed by atoms with E-state index in [0.717, 1.165) is 44.7 Å². The van der Waals surface area contributed by atoms with Crippen LogP contribution in [0.1, 0.15) is 44.7 Å². The molecule has 0 saturated carbocycles. The molecule has 2 unspecified atom stereocenters. The Morgan fingerprint density at radius 2 is 2.24 bits per heavy atom. The van der Waals surface area contributed by atoms with E-state index in [0.29, 0.717) is 12.5 Å². The molecule has 4 rings (SSSR count). The molecule has 0 aliphatic carbocycles. The molecule has 25 heavy (non-hydrogen) atoms. The second-order valence-corrected chi connectivity index (χ2v) is 8.51. The van der Waals surface area contributed by atoms with Crippen molar-refractivity contribution in [2.45, 2.75) is 51.2 Å². The molecule has 1 amide bonds. The summed E-state index contributed by atoms with van der Waals surface area (Å²) in [5, 5.41) is 3.63. The number of nitrogens with zero attached hydrogens (tertiary/aromatic N) is 1. The minimum atomic E-state index is -0.464. The van der Waals surface area contributed by atoms with E-state index in [4.69, 9.17) is 9.47 Å². The quantitative estimate of drug-likeness (QED) is 0.851. The number of amides is 1. The lowest BCUT2D eigenvalue weighted by Crippen LogP contribution is -2.70. The largest absolute Gasteiger partial charge is 0.493 e. The SMILES string of the molecule is CC(C)(C)OC(=O)N1CCC2CNC2(c2ccc3c(c2)OCCC3)C1. The van der Waals surface area contributed by atoms with E-state index in [1.807, 2.05) is 25.7 Å². The van der Waals surface area contributed by atoms with Crippen molar-refractivity contribution in [1.29, 1.82) is 0 Å². The number of hydrogen-bond donors (Lipinski definition) is 1. The van der Waals surface area contributed by atoms with Gasteiger partial charge < -0.3 is 19.7 Å². The van der Waals surface area contributed by atoms with Crippen molar-refractivity contribution in [3.05, 3.63) is 29.3 Å². The standard InChI is InChI=1S/C20H28N2O3/c1-19(2,3)25-18(23)22-9-8-16-12-21-20(16,13-22)15-7-6-14-5-4-10-24-17(14)11-15/h6-7,11,16,21H,4-5,8-10,12-13H2,1-3H3. The molecule has 2 fully saturated rings. The van der Waals surface area contributed by atoms with Crippen LogP contribution in [-0.2, 0) is 16.7 Å². The number of benzene rings is 1. The van der Waals surface area contributed by atoms with E-state index in [1.54, 1.807) is 0 Å². The fourth-order valence-corrected chi connectivity index (χ4v) is 4.25. The molecule has 5 heteroatoms. The Morgan fingerprint density at radius 1 is 1.40 bits per heavy atom. The maximum atomic E-state index is 12.5. The second kappa shape index (κ2) is 5.90. The third kappa shape index (κ3) is 2.99. The lowest BCUT2D eigenvalue weighted by Gasteiger charge is -2.56. The van der Waals surface area contributed by atoms with Gasteiger partial charge in [0.05, 0.1) is 12.1 Å². The smallest absolute Gasteiger partial charge is 0.410 e. The lowest BCUT2D eigenvalue weighted by atomic mass is 9.67. The molecule has 2 saturated heterocycles.